The summed E-state index contributed by atoms with van der Waals surface area (Å²) in [6.07, 6.45) is 1.37. The number of aromatic nitrogens is 1. The van der Waals surface area contributed by atoms with Gasteiger partial charge in [0.05, 0.1) is 6.61 Å². The molecule has 1 aromatic heterocycles. The van der Waals surface area contributed by atoms with Crippen molar-refractivity contribution in [1.82, 2.24) is 4.98 Å². The Bertz CT molecular complexity index is 346. The smallest absolute Gasteiger partial charge is 0.406 e. The molecule has 0 radical (unpaired) electrons. The summed E-state index contributed by atoms with van der Waals surface area (Å²) in [5.41, 5.74) is 0. The van der Waals surface area contributed by atoms with Crippen LogP contribution in [0.5, 0.6) is 5.75 Å². The van der Waals surface area contributed by atoms with E-state index in [-0.39, 0.29) is 17.5 Å². The van der Waals surface area contributed by atoms with E-state index in [4.69, 9.17) is 4.74 Å². The Morgan fingerprint density at radius 2 is 2.47 bits per heavy atom. The fraction of sp³-hybridized carbons (Fsp3) is 0.444. The lowest BCUT2D eigenvalue weighted by atomic mass is 10.2. The molecule has 0 fully saturated rings. The highest BCUT2D eigenvalue weighted by Gasteiger charge is 2.15. The number of hydrogen-bond donors (Lipinski definition) is 1. The van der Waals surface area contributed by atoms with Gasteiger partial charge >= 0.3 is 5.82 Å². The molecule has 1 aromatic rings. The van der Waals surface area contributed by atoms with E-state index in [1.54, 1.807) is 6.07 Å². The monoisotopic (exact) mass is 228 g/mol. The van der Waals surface area contributed by atoms with Crippen LogP contribution in [0.3, 0.4) is 0 Å². The largest absolute Gasteiger partial charge is 0.485 e. The Kier molecular flexibility index (Phi) is 4.36. The summed E-state index contributed by atoms with van der Waals surface area (Å²) in [7, 11) is 0. The molecule has 0 aliphatic heterocycles. The highest BCUT2D eigenvalue weighted by Crippen LogP contribution is 2.23. The van der Waals surface area contributed by atoms with Crippen LogP contribution in [0.25, 0.3) is 0 Å². The zero-order chi connectivity index (χ0) is 11.3. The van der Waals surface area contributed by atoms with Crippen LogP contribution in [0.15, 0.2) is 18.3 Å². The van der Waals surface area contributed by atoms with Gasteiger partial charge < -0.3 is 14.9 Å². The summed E-state index contributed by atoms with van der Waals surface area (Å²) in [5, 5.41) is 10.6. The van der Waals surface area contributed by atoms with Gasteiger partial charge in [-0.3, -0.25) is 0 Å². The Hall–Kier alpha value is -1.30. The molecule has 1 heterocycles. The number of pyridine rings is 1. The van der Waals surface area contributed by atoms with E-state index in [1.807, 2.05) is 6.92 Å². The molecule has 0 saturated carbocycles. The van der Waals surface area contributed by atoms with E-state index in [0.717, 1.165) is 0 Å². The molecule has 0 aliphatic carbocycles. The van der Waals surface area contributed by atoms with Crippen LogP contribution in [0.1, 0.15) is 6.92 Å². The van der Waals surface area contributed by atoms with Crippen molar-refractivity contribution in [3.63, 3.8) is 0 Å². The maximum atomic E-state index is 10.6. The van der Waals surface area contributed by atoms with Crippen molar-refractivity contribution in [1.29, 1.82) is 0 Å². The normalized spacial score (nSPS) is 12.1. The van der Waals surface area contributed by atoms with Gasteiger partial charge in [0.25, 0.3) is 0 Å². The van der Waals surface area contributed by atoms with E-state index in [9.17, 15) is 10.1 Å². The number of rotatable bonds is 5. The summed E-state index contributed by atoms with van der Waals surface area (Å²) in [5.74, 6) is 0.877. The average Bonchev–Trinajstić information content (AvgIpc) is 2.26. The molecule has 0 saturated heterocycles. The zero-order valence-electron chi connectivity index (χ0n) is 8.29. The van der Waals surface area contributed by atoms with E-state index in [1.165, 1.54) is 12.3 Å². The standard InChI is InChI=1S/C9H12N2O3S/c1-7(6-15)5-14-8-3-2-4-10-9(8)11(12)13/h2-4,7,15H,5-6H2,1H3. The Balaban J connectivity index is 2.72. The molecule has 0 spiro atoms. The predicted octanol–water partition coefficient (Wildman–Crippen LogP) is 1.93. The molecular formula is C9H12N2O3S. The van der Waals surface area contributed by atoms with Crippen LogP contribution in [0.2, 0.25) is 0 Å². The van der Waals surface area contributed by atoms with Gasteiger partial charge in [0.15, 0.2) is 0 Å². The lowest BCUT2D eigenvalue weighted by Gasteiger charge is -2.09. The number of hydrogen-bond acceptors (Lipinski definition) is 5. The van der Waals surface area contributed by atoms with Crippen molar-refractivity contribution in [3.05, 3.63) is 28.4 Å². The van der Waals surface area contributed by atoms with Crippen molar-refractivity contribution in [2.75, 3.05) is 12.4 Å². The quantitative estimate of drug-likeness (QED) is 0.475. The SMILES string of the molecule is CC(CS)COc1cccnc1[N+](=O)[O-]. The molecule has 5 nitrogen and oxygen atoms in total. The molecule has 0 bridgehead atoms. The summed E-state index contributed by atoms with van der Waals surface area (Å²) in [6.45, 7) is 2.35. The first-order valence-electron chi connectivity index (χ1n) is 4.48. The third kappa shape index (κ3) is 3.39. The number of nitro groups is 1. The number of ether oxygens (including phenoxy) is 1. The maximum absolute atomic E-state index is 10.6. The summed E-state index contributed by atoms with van der Waals surface area (Å²) >= 11 is 4.10. The fourth-order valence-corrected chi connectivity index (χ4v) is 1.02. The second-order valence-electron chi connectivity index (χ2n) is 3.18. The van der Waals surface area contributed by atoms with Crippen molar-refractivity contribution in [3.8, 4) is 5.75 Å². The van der Waals surface area contributed by atoms with Gasteiger partial charge in [-0.1, -0.05) is 6.92 Å². The van der Waals surface area contributed by atoms with Crippen molar-refractivity contribution in [2.24, 2.45) is 5.92 Å². The minimum Gasteiger partial charge on any atom is -0.485 e. The topological polar surface area (TPSA) is 65.3 Å². The van der Waals surface area contributed by atoms with Crippen molar-refractivity contribution < 1.29 is 9.66 Å². The fourth-order valence-electron chi connectivity index (χ4n) is 0.917. The number of thiol groups is 1. The summed E-state index contributed by atoms with van der Waals surface area (Å²) < 4.78 is 5.30. The molecular weight excluding hydrogens is 216 g/mol. The molecule has 1 atom stereocenters. The van der Waals surface area contributed by atoms with Crippen LogP contribution in [0, 0.1) is 16.0 Å². The van der Waals surface area contributed by atoms with E-state index < -0.39 is 4.92 Å². The molecule has 6 heteroatoms. The van der Waals surface area contributed by atoms with Gasteiger partial charge in [-0.25, -0.2) is 0 Å². The first-order valence-corrected chi connectivity index (χ1v) is 5.11. The third-order valence-corrected chi connectivity index (χ3v) is 2.38. The molecule has 1 rings (SSSR count). The predicted molar refractivity (Wildman–Crippen MR) is 59.4 cm³/mol. The molecule has 0 N–H and O–H groups in total. The minimum absolute atomic E-state index is 0.205. The van der Waals surface area contributed by atoms with Gasteiger partial charge in [-0.2, -0.15) is 12.6 Å². The molecule has 0 aliphatic rings. The molecule has 82 valence electrons. The van der Waals surface area contributed by atoms with Crippen LogP contribution < -0.4 is 4.74 Å². The lowest BCUT2D eigenvalue weighted by molar-refractivity contribution is -0.390. The van der Waals surface area contributed by atoms with Crippen LogP contribution in [-0.2, 0) is 0 Å². The second-order valence-corrected chi connectivity index (χ2v) is 3.55. The molecule has 0 aromatic carbocycles. The summed E-state index contributed by atoms with van der Waals surface area (Å²) in [6, 6.07) is 3.14. The van der Waals surface area contributed by atoms with E-state index >= 15 is 0 Å². The van der Waals surface area contributed by atoms with Gasteiger partial charge in [0.2, 0.25) is 5.75 Å². The lowest BCUT2D eigenvalue weighted by Crippen LogP contribution is -2.10. The maximum Gasteiger partial charge on any atom is 0.406 e. The van der Waals surface area contributed by atoms with Gasteiger partial charge in [0, 0.05) is 0 Å². The van der Waals surface area contributed by atoms with Crippen LogP contribution >= 0.6 is 12.6 Å². The average molecular weight is 228 g/mol. The second kappa shape index (κ2) is 5.55. The molecule has 1 unspecified atom stereocenters. The summed E-state index contributed by atoms with van der Waals surface area (Å²) in [4.78, 5) is 13.7. The van der Waals surface area contributed by atoms with Crippen molar-refractivity contribution >= 4 is 18.4 Å². The van der Waals surface area contributed by atoms with Gasteiger partial charge in [-0.15, -0.1) is 0 Å². The van der Waals surface area contributed by atoms with Gasteiger partial charge in [0.1, 0.15) is 6.20 Å². The Morgan fingerprint density at radius 1 is 1.73 bits per heavy atom. The van der Waals surface area contributed by atoms with E-state index in [0.29, 0.717) is 12.4 Å². The Morgan fingerprint density at radius 3 is 3.07 bits per heavy atom. The first-order chi connectivity index (χ1) is 7.15. The Labute approximate surface area is 93.0 Å². The van der Waals surface area contributed by atoms with Crippen molar-refractivity contribution in [2.45, 2.75) is 6.92 Å². The van der Waals surface area contributed by atoms with E-state index in [2.05, 4.69) is 17.6 Å². The van der Waals surface area contributed by atoms with Crippen LogP contribution in [-0.4, -0.2) is 22.3 Å². The minimum atomic E-state index is -0.555. The number of nitrogens with zero attached hydrogens (tertiary/aromatic N) is 2. The highest BCUT2D eigenvalue weighted by molar-refractivity contribution is 7.80. The zero-order valence-corrected chi connectivity index (χ0v) is 9.18. The third-order valence-electron chi connectivity index (χ3n) is 1.76. The molecule has 0 amide bonds. The molecule has 15 heavy (non-hydrogen) atoms. The van der Waals surface area contributed by atoms with Gasteiger partial charge in [-0.05, 0) is 33.7 Å². The first kappa shape index (κ1) is 11.8. The highest BCUT2D eigenvalue weighted by atomic mass is 32.1. The van der Waals surface area contributed by atoms with Crippen LogP contribution in [0.4, 0.5) is 5.82 Å².